The summed E-state index contributed by atoms with van der Waals surface area (Å²) in [7, 11) is 0. The number of alkyl halides is 3. The number of carbonyl (C=O) groups is 2. The topological polar surface area (TPSA) is 101 Å². The van der Waals surface area contributed by atoms with Gasteiger partial charge in [0.05, 0.1) is 34.6 Å². The maximum atomic E-state index is 13.4. The fourth-order valence-electron chi connectivity index (χ4n) is 3.11. The second-order valence-electron chi connectivity index (χ2n) is 7.40. The molecule has 3 aromatic rings. The summed E-state index contributed by atoms with van der Waals surface area (Å²) in [6.07, 6.45) is -3.52. The fourth-order valence-corrected chi connectivity index (χ4v) is 4.64. The second-order valence-corrected chi connectivity index (χ2v) is 9.58. The lowest BCUT2D eigenvalue weighted by atomic mass is 10.1. The van der Waals surface area contributed by atoms with Gasteiger partial charge in [0.1, 0.15) is 5.69 Å². The number of aromatic nitrogens is 3. The first kappa shape index (κ1) is 25.3. The van der Waals surface area contributed by atoms with Crippen molar-refractivity contribution in [1.29, 1.82) is 0 Å². The summed E-state index contributed by atoms with van der Waals surface area (Å²) in [6, 6.07) is 6.21. The van der Waals surface area contributed by atoms with Gasteiger partial charge < -0.3 is 10.6 Å². The van der Waals surface area contributed by atoms with Crippen LogP contribution in [0.5, 0.6) is 0 Å². The minimum absolute atomic E-state index is 0.0137. The number of hydrogen-bond donors (Lipinski definition) is 2. The van der Waals surface area contributed by atoms with Gasteiger partial charge in [0.15, 0.2) is 11.5 Å². The van der Waals surface area contributed by atoms with Crippen molar-refractivity contribution in [3.8, 4) is 5.82 Å². The van der Waals surface area contributed by atoms with E-state index in [-0.39, 0.29) is 28.1 Å². The number of carbonyl (C=O) groups excluding carboxylic acids is 2. The Hall–Kier alpha value is -2.77. The van der Waals surface area contributed by atoms with Crippen LogP contribution in [0.2, 0.25) is 5.02 Å². The summed E-state index contributed by atoms with van der Waals surface area (Å²) in [5.74, 6) is -1.64. The van der Waals surface area contributed by atoms with Crippen molar-refractivity contribution in [2.75, 3.05) is 11.9 Å². The molecular weight excluding hydrogens is 621 g/mol. The predicted octanol–water partition coefficient (Wildman–Crippen LogP) is 5.29. The van der Waals surface area contributed by atoms with Crippen LogP contribution >= 0.6 is 43.5 Å². The first-order valence-corrected chi connectivity index (χ1v) is 11.8. The van der Waals surface area contributed by atoms with Gasteiger partial charge in [-0.1, -0.05) is 27.5 Å². The third-order valence-electron chi connectivity index (χ3n) is 4.90. The number of pyridine rings is 1. The van der Waals surface area contributed by atoms with Gasteiger partial charge in [-0.25, -0.2) is 9.67 Å². The number of nitrogens with one attached hydrogen (secondary N) is 2. The van der Waals surface area contributed by atoms with E-state index < -0.39 is 29.4 Å². The molecule has 0 spiro atoms. The van der Waals surface area contributed by atoms with E-state index in [4.69, 9.17) is 11.6 Å². The monoisotopic (exact) mass is 632 g/mol. The Balaban J connectivity index is 1.74. The molecule has 0 aliphatic carbocycles. The Morgan fingerprint density at radius 1 is 1.20 bits per heavy atom. The third-order valence-corrected chi connectivity index (χ3v) is 6.28. The molecule has 8 nitrogen and oxygen atoms in total. The Bertz CT molecular complexity index is 1380. The van der Waals surface area contributed by atoms with Crippen LogP contribution in [0.1, 0.15) is 33.5 Å². The molecule has 1 aliphatic heterocycles. The lowest BCUT2D eigenvalue weighted by Crippen LogP contribution is -2.36. The summed E-state index contributed by atoms with van der Waals surface area (Å²) in [4.78, 5) is 34.2. The van der Waals surface area contributed by atoms with Crippen molar-refractivity contribution in [3.63, 3.8) is 0 Å². The predicted molar refractivity (Wildman–Crippen MR) is 130 cm³/mol. The summed E-state index contributed by atoms with van der Waals surface area (Å²) in [6.45, 7) is 2.33. The normalized spacial score (nSPS) is 13.7. The van der Waals surface area contributed by atoms with Crippen LogP contribution in [-0.2, 0) is 6.18 Å². The molecule has 1 atom stereocenters. The van der Waals surface area contributed by atoms with E-state index in [0.717, 1.165) is 5.71 Å². The highest BCUT2D eigenvalue weighted by atomic mass is 79.9. The largest absolute Gasteiger partial charge is 0.435 e. The van der Waals surface area contributed by atoms with Gasteiger partial charge in [0, 0.05) is 21.2 Å². The SMILES string of the molecule is CC(NC(=O)c1cc(Br)cc(Br)c1NC(=O)c1cc(C(F)(F)F)nn1-c1ncccc1Cl)C1=NC1. The van der Waals surface area contributed by atoms with Crippen LogP contribution in [0.4, 0.5) is 18.9 Å². The highest BCUT2D eigenvalue weighted by Gasteiger charge is 2.37. The highest BCUT2D eigenvalue weighted by molar-refractivity contribution is 9.11. The highest BCUT2D eigenvalue weighted by Crippen LogP contribution is 2.33. The fraction of sp³-hybridized carbons (Fsp3) is 0.190. The number of amides is 2. The van der Waals surface area contributed by atoms with E-state index in [1.807, 2.05) is 0 Å². The first-order valence-electron chi connectivity index (χ1n) is 9.88. The summed E-state index contributed by atoms with van der Waals surface area (Å²) >= 11 is 12.7. The average molecular weight is 635 g/mol. The molecule has 0 bridgehead atoms. The maximum Gasteiger partial charge on any atom is 0.435 e. The zero-order chi connectivity index (χ0) is 25.5. The molecular formula is C21H14Br2ClF3N6O2. The molecule has 2 N–H and O–H groups in total. The summed E-state index contributed by atoms with van der Waals surface area (Å²) < 4.78 is 41.8. The van der Waals surface area contributed by atoms with E-state index in [1.165, 1.54) is 24.4 Å². The molecule has 14 heteroatoms. The summed E-state index contributed by atoms with van der Waals surface area (Å²) in [5, 5.41) is 8.79. The van der Waals surface area contributed by atoms with Crippen molar-refractivity contribution in [2.24, 2.45) is 4.99 Å². The van der Waals surface area contributed by atoms with E-state index in [2.05, 4.69) is 57.6 Å². The lowest BCUT2D eigenvalue weighted by molar-refractivity contribution is -0.141. The molecule has 0 saturated heterocycles. The molecule has 1 aliphatic rings. The molecule has 182 valence electrons. The minimum Gasteiger partial charge on any atom is -0.344 e. The zero-order valence-corrected chi connectivity index (χ0v) is 21.5. The van der Waals surface area contributed by atoms with Crippen molar-refractivity contribution >= 4 is 66.7 Å². The molecule has 0 saturated carbocycles. The van der Waals surface area contributed by atoms with Crippen molar-refractivity contribution in [1.82, 2.24) is 20.1 Å². The number of nitrogens with zero attached hydrogens (tertiary/aromatic N) is 4. The van der Waals surface area contributed by atoms with Crippen molar-refractivity contribution in [2.45, 2.75) is 19.1 Å². The van der Waals surface area contributed by atoms with Crippen LogP contribution in [0.25, 0.3) is 5.82 Å². The van der Waals surface area contributed by atoms with Gasteiger partial charge in [-0.05, 0) is 47.1 Å². The van der Waals surface area contributed by atoms with Gasteiger partial charge in [-0.3, -0.25) is 14.6 Å². The summed E-state index contributed by atoms with van der Waals surface area (Å²) in [5.41, 5.74) is -0.843. The Morgan fingerprint density at radius 3 is 2.54 bits per heavy atom. The second kappa shape index (κ2) is 9.70. The number of benzene rings is 1. The van der Waals surface area contributed by atoms with Crippen LogP contribution in [0.3, 0.4) is 0 Å². The zero-order valence-electron chi connectivity index (χ0n) is 17.6. The van der Waals surface area contributed by atoms with Crippen molar-refractivity contribution < 1.29 is 22.8 Å². The van der Waals surface area contributed by atoms with Gasteiger partial charge in [0.25, 0.3) is 11.8 Å². The molecule has 2 aromatic heterocycles. The Labute approximate surface area is 218 Å². The van der Waals surface area contributed by atoms with E-state index in [9.17, 15) is 22.8 Å². The van der Waals surface area contributed by atoms with Gasteiger partial charge in [-0.2, -0.15) is 18.3 Å². The van der Waals surface area contributed by atoms with Crippen molar-refractivity contribution in [3.05, 3.63) is 67.4 Å². The van der Waals surface area contributed by atoms with Crippen LogP contribution < -0.4 is 10.6 Å². The molecule has 1 unspecified atom stereocenters. The Kier molecular flexibility index (Phi) is 7.02. The maximum absolute atomic E-state index is 13.4. The number of halogens is 6. The number of rotatable bonds is 6. The average Bonchev–Trinajstić information content (AvgIpc) is 3.53. The van der Waals surface area contributed by atoms with Crippen LogP contribution in [0, 0.1) is 0 Å². The lowest BCUT2D eigenvalue weighted by Gasteiger charge is -2.16. The van der Waals surface area contributed by atoms with E-state index >= 15 is 0 Å². The molecule has 2 amide bonds. The quantitative estimate of drug-likeness (QED) is 0.385. The number of aliphatic imine (C=N–C) groups is 1. The standard InChI is InChI=1S/C21H14Br2ClF3N6O2/c1-9(14-8-29-14)30-19(34)11-5-10(22)6-12(23)17(11)31-20(35)15-7-16(21(25,26)27)32-33(15)18-13(24)3-2-4-28-18/h2-7,9H,8H2,1H3,(H,30,34)(H,31,35). The first-order chi connectivity index (χ1) is 16.5. The van der Waals surface area contributed by atoms with Gasteiger partial charge in [0.2, 0.25) is 0 Å². The van der Waals surface area contributed by atoms with Crippen LogP contribution in [0.15, 0.2) is 50.5 Å². The molecule has 1 aromatic carbocycles. The molecule has 3 heterocycles. The smallest absolute Gasteiger partial charge is 0.344 e. The van der Waals surface area contributed by atoms with Crippen LogP contribution in [-0.4, -0.2) is 44.9 Å². The Morgan fingerprint density at radius 2 is 1.91 bits per heavy atom. The number of anilines is 1. The molecule has 0 fully saturated rings. The number of hydrogen-bond acceptors (Lipinski definition) is 5. The van der Waals surface area contributed by atoms with E-state index in [0.29, 0.717) is 26.2 Å². The molecule has 35 heavy (non-hydrogen) atoms. The van der Waals surface area contributed by atoms with E-state index in [1.54, 1.807) is 13.0 Å². The minimum atomic E-state index is -4.83. The van der Waals surface area contributed by atoms with Gasteiger partial charge in [-0.15, -0.1) is 0 Å². The van der Waals surface area contributed by atoms with Gasteiger partial charge >= 0.3 is 6.18 Å². The molecule has 4 rings (SSSR count). The molecule has 0 radical (unpaired) electrons. The third kappa shape index (κ3) is 5.57.